The molecule has 392 valence electrons. The van der Waals surface area contributed by atoms with Crippen LogP contribution in [0, 0.1) is 17.8 Å². The number of hydrogen-bond acceptors (Lipinski definition) is 6. The third-order valence-electron chi connectivity index (χ3n) is 14.0. The molecule has 6 nitrogen and oxygen atoms in total. The van der Waals surface area contributed by atoms with Gasteiger partial charge in [0.2, 0.25) is 0 Å². The van der Waals surface area contributed by atoms with Gasteiger partial charge >= 0.3 is 17.9 Å². The van der Waals surface area contributed by atoms with Gasteiger partial charge in [-0.05, 0) is 37.0 Å². The number of esters is 3. The van der Waals surface area contributed by atoms with Gasteiger partial charge in [-0.1, -0.05) is 292 Å². The van der Waals surface area contributed by atoms with Gasteiger partial charge in [0.1, 0.15) is 13.2 Å². The summed E-state index contributed by atoms with van der Waals surface area (Å²) in [5.41, 5.74) is 0. The first-order valence-electron chi connectivity index (χ1n) is 29.6. The third kappa shape index (κ3) is 51.8. The Morgan fingerprint density at radius 3 is 0.788 bits per heavy atom. The smallest absolute Gasteiger partial charge is 0.306 e. The van der Waals surface area contributed by atoms with Gasteiger partial charge in [-0.3, -0.25) is 14.4 Å². The Hall–Kier alpha value is -1.59. The fraction of sp³-hybridized carbons (Fsp3) is 0.950. The minimum atomic E-state index is -0.764. The molecule has 0 fully saturated rings. The summed E-state index contributed by atoms with van der Waals surface area (Å²) in [6.45, 7) is 13.8. The summed E-state index contributed by atoms with van der Waals surface area (Å²) >= 11 is 0. The molecule has 6 heteroatoms. The van der Waals surface area contributed by atoms with E-state index in [1.807, 2.05) is 0 Å². The number of ether oxygens (including phenoxy) is 3. The van der Waals surface area contributed by atoms with Crippen LogP contribution in [0.15, 0.2) is 0 Å². The summed E-state index contributed by atoms with van der Waals surface area (Å²) in [4.78, 5) is 38.2. The molecule has 2 atom stereocenters. The zero-order valence-electron chi connectivity index (χ0n) is 45.5. The first kappa shape index (κ1) is 64.4. The van der Waals surface area contributed by atoms with Crippen LogP contribution < -0.4 is 0 Å². The maximum Gasteiger partial charge on any atom is 0.306 e. The van der Waals surface area contributed by atoms with E-state index in [2.05, 4.69) is 41.5 Å². The van der Waals surface area contributed by atoms with Gasteiger partial charge in [0.05, 0.1) is 0 Å². The van der Waals surface area contributed by atoms with Crippen molar-refractivity contribution in [1.82, 2.24) is 0 Å². The average Bonchev–Trinajstić information content (AvgIpc) is 3.29. The number of carbonyl (C=O) groups is 3. The normalized spacial score (nSPS) is 12.5. The van der Waals surface area contributed by atoms with Crippen molar-refractivity contribution in [3.05, 3.63) is 0 Å². The van der Waals surface area contributed by atoms with Gasteiger partial charge < -0.3 is 14.2 Å². The van der Waals surface area contributed by atoms with Crippen LogP contribution in [0.5, 0.6) is 0 Å². The fourth-order valence-corrected chi connectivity index (χ4v) is 9.14. The molecular formula is C60H116O6. The molecule has 0 aromatic rings. The average molecular weight is 934 g/mol. The zero-order valence-corrected chi connectivity index (χ0v) is 45.5. The number of unbranched alkanes of at least 4 members (excludes halogenated alkanes) is 35. The van der Waals surface area contributed by atoms with Crippen molar-refractivity contribution in [2.24, 2.45) is 17.8 Å². The zero-order chi connectivity index (χ0) is 48.4. The van der Waals surface area contributed by atoms with Gasteiger partial charge in [0.25, 0.3) is 0 Å². The summed E-state index contributed by atoms with van der Waals surface area (Å²) in [6, 6.07) is 0. The molecule has 0 aliphatic heterocycles. The van der Waals surface area contributed by atoms with Gasteiger partial charge in [0.15, 0.2) is 6.10 Å². The summed E-state index contributed by atoms with van der Waals surface area (Å²) in [5, 5.41) is 0. The first-order chi connectivity index (χ1) is 32.1. The first-order valence-corrected chi connectivity index (χ1v) is 29.6. The lowest BCUT2D eigenvalue weighted by molar-refractivity contribution is -0.167. The van der Waals surface area contributed by atoms with E-state index in [9.17, 15) is 14.4 Å². The number of rotatable bonds is 53. The Morgan fingerprint density at radius 2 is 0.530 bits per heavy atom. The summed E-state index contributed by atoms with van der Waals surface area (Å²) in [5.74, 6) is 1.72. The Balaban J connectivity index is 4.31. The molecule has 0 heterocycles. The summed E-state index contributed by atoms with van der Waals surface area (Å²) < 4.78 is 16.9. The van der Waals surface area contributed by atoms with Crippen LogP contribution in [0.4, 0.5) is 0 Å². The highest BCUT2D eigenvalue weighted by Crippen LogP contribution is 2.19. The van der Waals surface area contributed by atoms with Gasteiger partial charge in [-0.2, -0.15) is 0 Å². The van der Waals surface area contributed by atoms with E-state index in [0.29, 0.717) is 19.3 Å². The highest BCUT2D eigenvalue weighted by molar-refractivity contribution is 5.71. The molecule has 0 amide bonds. The molecule has 0 rings (SSSR count). The molecule has 0 radical (unpaired) electrons. The number of carbonyl (C=O) groups excluding carboxylic acids is 3. The quantitative estimate of drug-likeness (QED) is 0.0343. The van der Waals surface area contributed by atoms with Crippen molar-refractivity contribution in [3.8, 4) is 0 Å². The van der Waals surface area contributed by atoms with Crippen molar-refractivity contribution in [2.75, 3.05) is 13.2 Å². The molecule has 0 spiro atoms. The molecule has 0 N–H and O–H groups in total. The molecular weight excluding hydrogens is 817 g/mol. The second-order valence-electron chi connectivity index (χ2n) is 21.8. The lowest BCUT2D eigenvalue weighted by atomic mass is 9.99. The third-order valence-corrected chi connectivity index (χ3v) is 14.0. The van der Waals surface area contributed by atoms with E-state index in [4.69, 9.17) is 14.2 Å². The maximum absolute atomic E-state index is 12.9. The van der Waals surface area contributed by atoms with E-state index in [0.717, 1.165) is 75.5 Å². The van der Waals surface area contributed by atoms with Crippen LogP contribution in [-0.2, 0) is 28.6 Å². The fourth-order valence-electron chi connectivity index (χ4n) is 9.14. The van der Waals surface area contributed by atoms with E-state index >= 15 is 0 Å². The van der Waals surface area contributed by atoms with E-state index in [-0.39, 0.29) is 31.1 Å². The lowest BCUT2D eigenvalue weighted by Crippen LogP contribution is -2.30. The van der Waals surface area contributed by atoms with Crippen LogP contribution in [0.1, 0.15) is 330 Å². The second kappa shape index (κ2) is 51.3. The molecule has 66 heavy (non-hydrogen) atoms. The molecule has 0 saturated heterocycles. The highest BCUT2D eigenvalue weighted by Gasteiger charge is 2.19. The minimum Gasteiger partial charge on any atom is -0.462 e. The lowest BCUT2D eigenvalue weighted by Gasteiger charge is -2.18. The predicted molar refractivity (Wildman–Crippen MR) is 284 cm³/mol. The maximum atomic E-state index is 12.9. The monoisotopic (exact) mass is 933 g/mol. The summed E-state index contributed by atoms with van der Waals surface area (Å²) in [6.07, 6.45) is 53.7. The van der Waals surface area contributed by atoms with Crippen molar-refractivity contribution in [2.45, 2.75) is 337 Å². The molecule has 0 aromatic heterocycles. The van der Waals surface area contributed by atoms with E-state index < -0.39 is 6.10 Å². The number of hydrogen-bond donors (Lipinski definition) is 0. The van der Waals surface area contributed by atoms with Crippen molar-refractivity contribution in [3.63, 3.8) is 0 Å². The largest absolute Gasteiger partial charge is 0.462 e. The Morgan fingerprint density at radius 1 is 0.303 bits per heavy atom. The predicted octanol–water partition coefficient (Wildman–Crippen LogP) is 19.5. The topological polar surface area (TPSA) is 78.9 Å². The molecule has 1 unspecified atom stereocenters. The SMILES string of the molecule is CCC(C)CCCCCCCCCCCCC(=O)OC[C@H](COC(=O)CCCCCCCCCCCCCCCCC(C)C)OC(=O)CCCCCCCCCCCCCCCCC(C)C. The molecule has 0 bridgehead atoms. The Labute approximate surface area is 412 Å². The van der Waals surface area contributed by atoms with Crippen LogP contribution in [0.25, 0.3) is 0 Å². The molecule has 0 aliphatic carbocycles. The summed E-state index contributed by atoms with van der Waals surface area (Å²) in [7, 11) is 0. The second-order valence-corrected chi connectivity index (χ2v) is 21.8. The van der Waals surface area contributed by atoms with Gasteiger partial charge in [-0.25, -0.2) is 0 Å². The van der Waals surface area contributed by atoms with Crippen molar-refractivity contribution < 1.29 is 28.6 Å². The van der Waals surface area contributed by atoms with Crippen LogP contribution in [0.2, 0.25) is 0 Å². The van der Waals surface area contributed by atoms with Crippen LogP contribution in [0.3, 0.4) is 0 Å². The Kier molecular flexibility index (Phi) is 50.0. The Bertz CT molecular complexity index is 1020. The van der Waals surface area contributed by atoms with E-state index in [1.165, 1.54) is 212 Å². The minimum absolute atomic E-state index is 0.0633. The molecule has 0 aliphatic rings. The van der Waals surface area contributed by atoms with Gasteiger partial charge in [-0.15, -0.1) is 0 Å². The van der Waals surface area contributed by atoms with Crippen LogP contribution >= 0.6 is 0 Å². The van der Waals surface area contributed by atoms with Crippen molar-refractivity contribution >= 4 is 17.9 Å². The van der Waals surface area contributed by atoms with Crippen molar-refractivity contribution in [1.29, 1.82) is 0 Å². The van der Waals surface area contributed by atoms with Crippen LogP contribution in [-0.4, -0.2) is 37.2 Å². The van der Waals surface area contributed by atoms with E-state index in [1.54, 1.807) is 0 Å². The molecule has 0 saturated carbocycles. The van der Waals surface area contributed by atoms with Gasteiger partial charge in [0, 0.05) is 19.3 Å². The standard InChI is InChI=1S/C60H116O6/c1-7-56(6)48-42-36-30-24-20-21-26-32-38-44-50-59(62)65-53-57(66-60(63)51-45-39-33-27-19-15-11-9-13-17-23-29-35-41-47-55(4)5)52-64-58(61)49-43-37-31-25-18-14-10-8-12-16-22-28-34-40-46-54(2)3/h54-57H,7-53H2,1-6H3/t56?,57-/m0/s1. The highest BCUT2D eigenvalue weighted by atomic mass is 16.6. The molecule has 0 aromatic carbocycles.